The van der Waals surface area contributed by atoms with Gasteiger partial charge in [0.25, 0.3) is 0 Å². The van der Waals surface area contributed by atoms with E-state index in [1.807, 2.05) is 48.5 Å². The average Bonchev–Trinajstić information content (AvgIpc) is 3.17. The largest absolute Gasteiger partial charge is 0.478 e. The van der Waals surface area contributed by atoms with E-state index in [1.165, 1.54) is 0 Å². The summed E-state index contributed by atoms with van der Waals surface area (Å²) in [4.78, 5) is 59.2. The summed E-state index contributed by atoms with van der Waals surface area (Å²) in [6.45, 7) is 0. The zero-order chi connectivity index (χ0) is 37.0. The van der Waals surface area contributed by atoms with Gasteiger partial charge in [0, 0.05) is 67.4 Å². The molecule has 0 saturated heterocycles. The van der Waals surface area contributed by atoms with Crippen molar-refractivity contribution in [1.82, 2.24) is 19.9 Å². The Bertz CT molecular complexity index is 2200. The van der Waals surface area contributed by atoms with Crippen LogP contribution in [0.5, 0.6) is 0 Å². The number of rotatable bonds is 4. The Kier molecular flexibility index (Phi) is 13.5. The van der Waals surface area contributed by atoms with Crippen molar-refractivity contribution in [3.8, 4) is 0 Å². The molecule has 0 atom stereocenters. The number of carboxylic acid groups (broad SMARTS) is 4. The van der Waals surface area contributed by atoms with Crippen molar-refractivity contribution < 1.29 is 60.7 Å². The number of nitrogens with zero attached hydrogens (tertiary/aromatic N) is 4. The summed E-state index contributed by atoms with van der Waals surface area (Å²) in [5.74, 6) is -3.76. The van der Waals surface area contributed by atoms with E-state index in [1.54, 1.807) is 97.6 Å². The molecule has 0 aliphatic heterocycles. The molecule has 4 heterocycles. The van der Waals surface area contributed by atoms with Gasteiger partial charge in [-0.1, -0.05) is 72.8 Å². The summed E-state index contributed by atoms with van der Waals surface area (Å²) in [6, 6.07) is 35.0. The molecule has 0 fully saturated rings. The summed E-state index contributed by atoms with van der Waals surface area (Å²) < 4.78 is 0. The van der Waals surface area contributed by atoms with Gasteiger partial charge in [-0.05, 0) is 48.5 Å². The van der Waals surface area contributed by atoms with Crippen LogP contribution in [0.3, 0.4) is 0 Å². The molecule has 0 bridgehead atoms. The number of aromatic carboxylic acids is 4. The second-order valence-corrected chi connectivity index (χ2v) is 10.7. The van der Waals surface area contributed by atoms with Crippen LogP contribution < -0.4 is 0 Å². The molecule has 8 rings (SSSR count). The van der Waals surface area contributed by atoms with Crippen LogP contribution in [0.1, 0.15) is 41.4 Å². The van der Waals surface area contributed by atoms with Crippen molar-refractivity contribution in [2.24, 2.45) is 0 Å². The minimum absolute atomic E-state index is 0. The van der Waals surface area contributed by atoms with E-state index in [2.05, 4.69) is 19.9 Å². The number of para-hydroxylation sites is 4. The maximum Gasteiger partial charge on any atom is 0.337 e. The minimum atomic E-state index is -0.940. The Morgan fingerprint density at radius 1 is 0.321 bits per heavy atom. The Morgan fingerprint density at radius 3 is 0.698 bits per heavy atom. The summed E-state index contributed by atoms with van der Waals surface area (Å²) in [6.07, 6.45) is 6.37. The average molecular weight is 789 g/mol. The molecule has 4 aromatic heterocycles. The standard InChI is InChI=1S/4C10H7NO2.Mo/c4*12-10(13)8-5-1-3-7-4-2-6-11-9(7)8;/h4*1-6H,(H,12,13);. The molecule has 0 spiro atoms. The zero-order valence-corrected chi connectivity index (χ0v) is 29.5. The van der Waals surface area contributed by atoms with Gasteiger partial charge in [-0.2, -0.15) is 0 Å². The first-order chi connectivity index (χ1) is 25.2. The van der Waals surface area contributed by atoms with Gasteiger partial charge in [-0.15, -0.1) is 0 Å². The Labute approximate surface area is 315 Å². The third-order valence-corrected chi connectivity index (χ3v) is 7.45. The van der Waals surface area contributed by atoms with Crippen LogP contribution in [0.25, 0.3) is 43.6 Å². The number of hydrogen-bond acceptors (Lipinski definition) is 8. The molecule has 4 aromatic carbocycles. The smallest absolute Gasteiger partial charge is 0.337 e. The van der Waals surface area contributed by atoms with Crippen LogP contribution in [0.2, 0.25) is 0 Å². The number of benzene rings is 4. The first-order valence-electron chi connectivity index (χ1n) is 15.4. The fraction of sp³-hybridized carbons (Fsp3) is 0. The molecular formula is C40H28MoN4O8. The number of pyridine rings is 4. The Morgan fingerprint density at radius 2 is 0.509 bits per heavy atom. The van der Waals surface area contributed by atoms with E-state index in [4.69, 9.17) is 20.4 Å². The van der Waals surface area contributed by atoms with Crippen molar-refractivity contribution in [2.45, 2.75) is 0 Å². The van der Waals surface area contributed by atoms with Gasteiger partial charge in [0.05, 0.1) is 44.3 Å². The maximum atomic E-state index is 10.8. The van der Waals surface area contributed by atoms with Gasteiger partial charge in [0.1, 0.15) is 0 Å². The molecule has 4 N–H and O–H groups in total. The summed E-state index contributed by atoms with van der Waals surface area (Å²) in [5.41, 5.74) is 3.15. The quantitative estimate of drug-likeness (QED) is 0.127. The predicted octanol–water partition coefficient (Wildman–Crippen LogP) is 7.73. The van der Waals surface area contributed by atoms with Crippen molar-refractivity contribution >= 4 is 67.5 Å². The first-order valence-corrected chi connectivity index (χ1v) is 15.4. The number of carbonyl (C=O) groups is 4. The fourth-order valence-electron chi connectivity index (χ4n) is 5.11. The minimum Gasteiger partial charge on any atom is -0.478 e. The zero-order valence-electron chi connectivity index (χ0n) is 27.5. The van der Waals surface area contributed by atoms with Gasteiger partial charge in [0.2, 0.25) is 0 Å². The van der Waals surface area contributed by atoms with Crippen molar-refractivity contribution in [1.29, 1.82) is 0 Å². The molecule has 262 valence electrons. The number of carboxylic acids is 4. The van der Waals surface area contributed by atoms with E-state index in [-0.39, 0.29) is 43.3 Å². The molecule has 0 aliphatic carbocycles. The molecule has 8 aromatic rings. The van der Waals surface area contributed by atoms with Crippen molar-refractivity contribution in [2.75, 3.05) is 0 Å². The topological polar surface area (TPSA) is 201 Å². The summed E-state index contributed by atoms with van der Waals surface area (Å²) in [5, 5.41) is 38.8. The van der Waals surface area contributed by atoms with Crippen molar-refractivity contribution in [3.05, 3.63) is 168 Å². The van der Waals surface area contributed by atoms with E-state index < -0.39 is 23.9 Å². The summed E-state index contributed by atoms with van der Waals surface area (Å²) >= 11 is 0. The van der Waals surface area contributed by atoms with Crippen LogP contribution in [-0.2, 0) is 21.1 Å². The van der Waals surface area contributed by atoms with Crippen LogP contribution in [0, 0.1) is 0 Å². The van der Waals surface area contributed by atoms with Crippen LogP contribution >= 0.6 is 0 Å². The number of fused-ring (bicyclic) bond motifs is 4. The second-order valence-electron chi connectivity index (χ2n) is 10.7. The van der Waals surface area contributed by atoms with Gasteiger partial charge in [-0.3, -0.25) is 19.9 Å². The van der Waals surface area contributed by atoms with Crippen LogP contribution in [-0.4, -0.2) is 64.2 Å². The molecule has 12 nitrogen and oxygen atoms in total. The third kappa shape index (κ3) is 9.66. The molecule has 13 heteroatoms. The third-order valence-electron chi connectivity index (χ3n) is 7.45. The Balaban J connectivity index is 0.000000157. The molecule has 0 radical (unpaired) electrons. The van der Waals surface area contributed by atoms with Crippen LogP contribution in [0.4, 0.5) is 0 Å². The fourth-order valence-corrected chi connectivity index (χ4v) is 5.11. The second kappa shape index (κ2) is 18.4. The van der Waals surface area contributed by atoms with Crippen LogP contribution in [0.15, 0.2) is 146 Å². The molecule has 53 heavy (non-hydrogen) atoms. The van der Waals surface area contributed by atoms with E-state index in [9.17, 15) is 19.2 Å². The molecule has 0 unspecified atom stereocenters. The maximum absolute atomic E-state index is 10.8. The van der Waals surface area contributed by atoms with Gasteiger partial charge >= 0.3 is 23.9 Å². The van der Waals surface area contributed by atoms with E-state index in [0.29, 0.717) is 22.1 Å². The molecule has 0 aliphatic rings. The normalized spacial score (nSPS) is 9.96. The van der Waals surface area contributed by atoms with Gasteiger partial charge < -0.3 is 20.4 Å². The van der Waals surface area contributed by atoms with Gasteiger partial charge in [0.15, 0.2) is 0 Å². The molecule has 0 saturated carbocycles. The van der Waals surface area contributed by atoms with E-state index >= 15 is 0 Å². The van der Waals surface area contributed by atoms with Gasteiger partial charge in [-0.25, -0.2) is 19.2 Å². The number of hydrogen-bond donors (Lipinski definition) is 4. The molecular weight excluding hydrogens is 760 g/mol. The van der Waals surface area contributed by atoms with E-state index in [0.717, 1.165) is 21.5 Å². The SMILES string of the molecule is O=C(O)c1cccc2cccnc12.O=C(O)c1cccc2cccnc12.O=C(O)c1cccc2cccnc12.O=C(O)c1cccc2cccnc12.[Mo]. The monoisotopic (exact) mass is 790 g/mol. The first kappa shape index (κ1) is 38.9. The summed E-state index contributed by atoms with van der Waals surface area (Å²) in [7, 11) is 0. The number of aromatic nitrogens is 4. The van der Waals surface area contributed by atoms with Crippen molar-refractivity contribution in [3.63, 3.8) is 0 Å². The Hall–Kier alpha value is -6.91. The predicted molar refractivity (Wildman–Crippen MR) is 195 cm³/mol. The molecule has 0 amide bonds.